The summed E-state index contributed by atoms with van der Waals surface area (Å²) in [5, 5.41) is 8.77. The molecule has 2 heterocycles. The number of carbonyl (C=O) groups is 2. The first-order chi connectivity index (χ1) is 16.4. The lowest BCUT2D eigenvalue weighted by atomic mass is 9.97. The lowest BCUT2D eigenvalue weighted by Crippen LogP contribution is -2.40. The number of carbonyl (C=O) groups excluding carboxylic acids is 2. The van der Waals surface area contributed by atoms with Gasteiger partial charge in [-0.3, -0.25) is 9.59 Å². The summed E-state index contributed by atoms with van der Waals surface area (Å²) in [6.45, 7) is 0.576. The van der Waals surface area contributed by atoms with Gasteiger partial charge in [0.1, 0.15) is 0 Å². The topological polar surface area (TPSA) is 95.6 Å². The van der Waals surface area contributed by atoms with E-state index in [0.29, 0.717) is 29.1 Å². The van der Waals surface area contributed by atoms with Gasteiger partial charge >= 0.3 is 0 Å². The highest BCUT2D eigenvalue weighted by molar-refractivity contribution is 7.92. The maximum Gasteiger partial charge on any atom is 0.265 e. The standard InChI is InChI=1S/C25H25N3O4S2/c29-24(26-21-8-4-9-22(18-21)27-25(30)23-10-5-16-33-23)20-11-14-28(15-12-20)34(31,32)17-13-19-6-2-1-3-7-19/h1-10,13,16-18,20H,11-12,14-15H2,(H,26,29)(H,27,30)/b17-13+. The van der Waals surface area contributed by atoms with E-state index in [-0.39, 0.29) is 30.8 Å². The third-order valence-corrected chi connectivity index (χ3v) is 7.98. The van der Waals surface area contributed by atoms with Crippen molar-refractivity contribution >= 4 is 50.6 Å². The smallest absolute Gasteiger partial charge is 0.265 e. The van der Waals surface area contributed by atoms with Crippen molar-refractivity contribution < 1.29 is 18.0 Å². The predicted molar refractivity (Wildman–Crippen MR) is 136 cm³/mol. The van der Waals surface area contributed by atoms with Crippen LogP contribution in [0.4, 0.5) is 11.4 Å². The van der Waals surface area contributed by atoms with Crippen molar-refractivity contribution in [2.24, 2.45) is 5.92 Å². The van der Waals surface area contributed by atoms with E-state index >= 15 is 0 Å². The number of benzene rings is 2. The zero-order chi connectivity index (χ0) is 24.0. The number of thiophene rings is 1. The van der Waals surface area contributed by atoms with Crippen LogP contribution in [0.5, 0.6) is 0 Å². The second-order valence-corrected chi connectivity index (χ2v) is 10.7. The van der Waals surface area contributed by atoms with Gasteiger partial charge in [0.25, 0.3) is 5.91 Å². The Morgan fingerprint density at radius 1 is 0.912 bits per heavy atom. The van der Waals surface area contributed by atoms with Gasteiger partial charge in [-0.25, -0.2) is 8.42 Å². The molecule has 0 aliphatic carbocycles. The summed E-state index contributed by atoms with van der Waals surface area (Å²) in [6.07, 6.45) is 2.47. The van der Waals surface area contributed by atoms with Crippen LogP contribution >= 0.6 is 11.3 Å². The first-order valence-corrected chi connectivity index (χ1v) is 13.3. The van der Waals surface area contributed by atoms with Gasteiger partial charge in [-0.15, -0.1) is 11.3 Å². The molecule has 4 rings (SSSR count). The molecule has 1 fully saturated rings. The van der Waals surface area contributed by atoms with Gasteiger partial charge in [0.05, 0.1) is 4.88 Å². The fourth-order valence-electron chi connectivity index (χ4n) is 3.71. The van der Waals surface area contributed by atoms with E-state index in [1.54, 1.807) is 36.4 Å². The minimum absolute atomic E-state index is 0.154. The lowest BCUT2D eigenvalue weighted by molar-refractivity contribution is -0.120. The minimum Gasteiger partial charge on any atom is -0.326 e. The summed E-state index contributed by atoms with van der Waals surface area (Å²) in [6, 6.07) is 19.8. The Labute approximate surface area is 203 Å². The van der Waals surface area contributed by atoms with Gasteiger partial charge < -0.3 is 10.6 Å². The summed E-state index contributed by atoms with van der Waals surface area (Å²) in [4.78, 5) is 25.6. The van der Waals surface area contributed by atoms with Crippen molar-refractivity contribution in [1.29, 1.82) is 0 Å². The van der Waals surface area contributed by atoms with Crippen molar-refractivity contribution in [2.45, 2.75) is 12.8 Å². The number of piperidine rings is 1. The van der Waals surface area contributed by atoms with Crippen LogP contribution in [-0.2, 0) is 14.8 Å². The Bertz CT molecular complexity index is 1260. The quantitative estimate of drug-likeness (QED) is 0.499. The van der Waals surface area contributed by atoms with Crippen LogP contribution in [0.15, 0.2) is 77.5 Å². The summed E-state index contributed by atoms with van der Waals surface area (Å²) in [5.74, 6) is -0.638. The molecule has 1 aliphatic heterocycles. The summed E-state index contributed by atoms with van der Waals surface area (Å²) in [5.41, 5.74) is 1.98. The average Bonchev–Trinajstić information content (AvgIpc) is 3.39. The molecule has 1 saturated heterocycles. The summed E-state index contributed by atoms with van der Waals surface area (Å²) in [7, 11) is -3.54. The van der Waals surface area contributed by atoms with Gasteiger partial charge in [0.2, 0.25) is 15.9 Å². The second kappa shape index (κ2) is 10.8. The minimum atomic E-state index is -3.54. The van der Waals surface area contributed by atoms with Crippen LogP contribution in [-0.4, -0.2) is 37.6 Å². The summed E-state index contributed by atoms with van der Waals surface area (Å²) >= 11 is 1.35. The third kappa shape index (κ3) is 6.19. The molecule has 1 aromatic heterocycles. The Hall–Kier alpha value is -3.27. The van der Waals surface area contributed by atoms with Crippen molar-refractivity contribution in [3.63, 3.8) is 0 Å². The molecule has 0 bridgehead atoms. The van der Waals surface area contributed by atoms with E-state index in [1.165, 1.54) is 21.1 Å². The fourth-order valence-corrected chi connectivity index (χ4v) is 5.55. The molecule has 2 amide bonds. The zero-order valence-electron chi connectivity index (χ0n) is 18.4. The van der Waals surface area contributed by atoms with Crippen LogP contribution in [0.25, 0.3) is 6.08 Å². The molecule has 0 spiro atoms. The Morgan fingerprint density at radius 2 is 1.62 bits per heavy atom. The van der Waals surface area contributed by atoms with E-state index in [2.05, 4.69) is 10.6 Å². The van der Waals surface area contributed by atoms with Crippen molar-refractivity contribution in [3.05, 3.63) is 88.0 Å². The molecule has 3 aromatic rings. The number of hydrogen-bond donors (Lipinski definition) is 2. The molecule has 0 atom stereocenters. The lowest BCUT2D eigenvalue weighted by Gasteiger charge is -2.29. The molecule has 34 heavy (non-hydrogen) atoms. The first kappa shape index (κ1) is 23.9. The Morgan fingerprint density at radius 3 is 2.29 bits per heavy atom. The number of anilines is 2. The van der Waals surface area contributed by atoms with E-state index in [4.69, 9.17) is 0 Å². The maximum atomic E-state index is 12.8. The number of amides is 2. The van der Waals surface area contributed by atoms with E-state index in [0.717, 1.165) is 5.56 Å². The summed E-state index contributed by atoms with van der Waals surface area (Å²) < 4.78 is 26.7. The number of hydrogen-bond acceptors (Lipinski definition) is 5. The predicted octanol–water partition coefficient (Wildman–Crippen LogP) is 4.65. The SMILES string of the molecule is O=C(Nc1cccc(NC(=O)C2CCN(S(=O)(=O)/C=C/c3ccccc3)CC2)c1)c1cccs1. The molecular formula is C25H25N3O4S2. The number of nitrogens with one attached hydrogen (secondary N) is 2. The Balaban J connectivity index is 1.31. The highest BCUT2D eigenvalue weighted by Crippen LogP contribution is 2.24. The third-order valence-electron chi connectivity index (χ3n) is 5.55. The van der Waals surface area contributed by atoms with Crippen molar-refractivity contribution in [1.82, 2.24) is 4.31 Å². The highest BCUT2D eigenvalue weighted by Gasteiger charge is 2.30. The van der Waals surface area contributed by atoms with E-state index in [1.807, 2.05) is 41.8 Å². The molecular weight excluding hydrogens is 470 g/mol. The number of nitrogens with zero attached hydrogens (tertiary/aromatic N) is 1. The van der Waals surface area contributed by atoms with E-state index < -0.39 is 10.0 Å². The molecule has 7 nitrogen and oxygen atoms in total. The van der Waals surface area contributed by atoms with Gasteiger partial charge in [-0.1, -0.05) is 42.5 Å². The van der Waals surface area contributed by atoms with Crippen LogP contribution in [0.3, 0.4) is 0 Å². The van der Waals surface area contributed by atoms with Gasteiger partial charge in [-0.05, 0) is 54.1 Å². The largest absolute Gasteiger partial charge is 0.326 e. The van der Waals surface area contributed by atoms with Gasteiger partial charge in [0.15, 0.2) is 0 Å². The van der Waals surface area contributed by atoms with Crippen LogP contribution in [0.1, 0.15) is 28.1 Å². The van der Waals surface area contributed by atoms with E-state index in [9.17, 15) is 18.0 Å². The molecule has 0 saturated carbocycles. The van der Waals surface area contributed by atoms with Crippen LogP contribution < -0.4 is 10.6 Å². The monoisotopic (exact) mass is 495 g/mol. The molecule has 2 aromatic carbocycles. The molecule has 1 aliphatic rings. The van der Waals surface area contributed by atoms with Crippen LogP contribution in [0.2, 0.25) is 0 Å². The molecule has 9 heteroatoms. The highest BCUT2D eigenvalue weighted by atomic mass is 32.2. The number of rotatable bonds is 7. The zero-order valence-corrected chi connectivity index (χ0v) is 20.0. The first-order valence-electron chi connectivity index (χ1n) is 10.9. The van der Waals surface area contributed by atoms with Gasteiger partial charge in [-0.2, -0.15) is 4.31 Å². The molecule has 0 unspecified atom stereocenters. The Kier molecular flexibility index (Phi) is 7.56. The van der Waals surface area contributed by atoms with Crippen molar-refractivity contribution in [2.75, 3.05) is 23.7 Å². The number of sulfonamides is 1. The average molecular weight is 496 g/mol. The fraction of sp³-hybridized carbons (Fsp3) is 0.200. The van der Waals surface area contributed by atoms with Crippen LogP contribution in [0, 0.1) is 5.92 Å². The normalized spacial score (nSPS) is 15.3. The second-order valence-electron chi connectivity index (χ2n) is 7.93. The molecule has 2 N–H and O–H groups in total. The molecule has 176 valence electrons. The van der Waals surface area contributed by atoms with Crippen molar-refractivity contribution in [3.8, 4) is 0 Å². The van der Waals surface area contributed by atoms with Gasteiger partial charge in [0, 0.05) is 35.8 Å². The maximum absolute atomic E-state index is 12.8. The molecule has 0 radical (unpaired) electrons.